The Kier molecular flexibility index (Phi) is 6.32. The fourth-order valence-corrected chi connectivity index (χ4v) is 6.38. The van der Waals surface area contributed by atoms with Crippen LogP contribution in [0.1, 0.15) is 6.92 Å². The molecular formula is C21H23N5O5S2. The van der Waals surface area contributed by atoms with Crippen LogP contribution in [0.4, 0.5) is 0 Å². The normalized spacial score (nSPS) is 16.5. The first-order chi connectivity index (χ1) is 15.7. The van der Waals surface area contributed by atoms with Crippen molar-refractivity contribution in [2.75, 3.05) is 26.2 Å². The van der Waals surface area contributed by atoms with Crippen LogP contribution in [0, 0.1) is 0 Å². The molecule has 10 nitrogen and oxygen atoms in total. The summed E-state index contributed by atoms with van der Waals surface area (Å²) in [5, 5.41) is 5.76. The number of hydrogen-bond acceptors (Lipinski definition) is 7. The third-order valence-electron chi connectivity index (χ3n) is 5.55. The van der Waals surface area contributed by atoms with Crippen molar-refractivity contribution in [2.24, 2.45) is 0 Å². The molecule has 0 saturated carbocycles. The van der Waals surface area contributed by atoms with E-state index in [1.54, 1.807) is 48.5 Å². The summed E-state index contributed by atoms with van der Waals surface area (Å²) in [5.41, 5.74) is 0.556. The van der Waals surface area contributed by atoms with Crippen molar-refractivity contribution < 1.29 is 21.6 Å². The zero-order valence-electron chi connectivity index (χ0n) is 17.9. The highest BCUT2D eigenvalue weighted by Gasteiger charge is 2.38. The monoisotopic (exact) mass is 489 g/mol. The predicted molar refractivity (Wildman–Crippen MR) is 120 cm³/mol. The number of hydrogen-bond donors (Lipinski definition) is 0. The number of sulfonamides is 1. The molecule has 0 spiro atoms. The molecule has 0 N–H and O–H groups in total. The number of piperazine rings is 1. The summed E-state index contributed by atoms with van der Waals surface area (Å²) in [6, 6.07) is 16.8. The summed E-state index contributed by atoms with van der Waals surface area (Å²) in [4.78, 5) is 14.6. The maximum atomic E-state index is 13.2. The number of benzene rings is 2. The summed E-state index contributed by atoms with van der Waals surface area (Å²) in [6.45, 7) is 1.66. The van der Waals surface area contributed by atoms with Gasteiger partial charge in [-0.25, -0.2) is 16.8 Å². The lowest BCUT2D eigenvalue weighted by atomic mass is 10.3. The van der Waals surface area contributed by atoms with Gasteiger partial charge in [0.15, 0.2) is 0 Å². The molecule has 1 amide bonds. The topological polar surface area (TPSA) is 123 Å². The average molecular weight is 490 g/mol. The number of aromatic nitrogens is 3. The fourth-order valence-electron chi connectivity index (χ4n) is 3.62. The molecule has 12 heteroatoms. The number of carbonyl (C=O) groups excluding carboxylic acids is 1. The van der Waals surface area contributed by atoms with E-state index in [2.05, 4.69) is 10.2 Å². The quantitative estimate of drug-likeness (QED) is 0.505. The summed E-state index contributed by atoms with van der Waals surface area (Å²) >= 11 is 0. The minimum absolute atomic E-state index is 0.0793. The Morgan fingerprint density at radius 3 is 2.06 bits per heavy atom. The van der Waals surface area contributed by atoms with Crippen molar-refractivity contribution in [1.29, 1.82) is 0 Å². The van der Waals surface area contributed by atoms with Gasteiger partial charge in [0.1, 0.15) is 11.6 Å². The van der Waals surface area contributed by atoms with Crippen LogP contribution in [0.25, 0.3) is 5.69 Å². The lowest BCUT2D eigenvalue weighted by molar-refractivity contribution is -0.131. The molecule has 1 saturated heterocycles. The van der Waals surface area contributed by atoms with Crippen LogP contribution in [0.5, 0.6) is 0 Å². The lowest BCUT2D eigenvalue weighted by Crippen LogP contribution is -2.53. The molecule has 1 atom stereocenters. The Labute approximate surface area is 192 Å². The van der Waals surface area contributed by atoms with Crippen LogP contribution in [-0.2, 0) is 24.7 Å². The van der Waals surface area contributed by atoms with Crippen molar-refractivity contribution in [3.05, 3.63) is 67.0 Å². The SMILES string of the molecule is C[C@H](C(=O)N1CCN(S(=O)(=O)c2ccccc2)CC1)S(=O)(=O)c1nncn1-c1ccccc1. The zero-order valence-corrected chi connectivity index (χ0v) is 19.5. The summed E-state index contributed by atoms with van der Waals surface area (Å²) in [7, 11) is -7.82. The highest BCUT2D eigenvalue weighted by molar-refractivity contribution is 7.92. The van der Waals surface area contributed by atoms with Gasteiger partial charge in [-0.2, -0.15) is 4.31 Å². The molecule has 1 aliphatic rings. The van der Waals surface area contributed by atoms with Gasteiger partial charge in [0, 0.05) is 31.9 Å². The van der Waals surface area contributed by atoms with Crippen molar-refractivity contribution in [3.63, 3.8) is 0 Å². The van der Waals surface area contributed by atoms with E-state index >= 15 is 0 Å². The maximum absolute atomic E-state index is 13.2. The molecule has 33 heavy (non-hydrogen) atoms. The van der Waals surface area contributed by atoms with E-state index in [4.69, 9.17) is 0 Å². The number of sulfone groups is 1. The Morgan fingerprint density at radius 1 is 0.879 bits per heavy atom. The largest absolute Gasteiger partial charge is 0.339 e. The van der Waals surface area contributed by atoms with Gasteiger partial charge in [-0.1, -0.05) is 36.4 Å². The van der Waals surface area contributed by atoms with E-state index in [1.807, 2.05) is 0 Å². The van der Waals surface area contributed by atoms with E-state index < -0.39 is 31.0 Å². The number of amides is 1. The molecule has 0 radical (unpaired) electrons. The van der Waals surface area contributed by atoms with Gasteiger partial charge in [-0.05, 0) is 31.2 Å². The third-order valence-corrected chi connectivity index (χ3v) is 9.38. The van der Waals surface area contributed by atoms with Crippen molar-refractivity contribution >= 4 is 25.8 Å². The van der Waals surface area contributed by atoms with Crippen LogP contribution in [-0.4, -0.2) is 78.1 Å². The Balaban J connectivity index is 1.48. The Bertz CT molecular complexity index is 1330. The number of para-hydroxylation sites is 1. The van der Waals surface area contributed by atoms with Gasteiger partial charge in [0.05, 0.1) is 4.90 Å². The average Bonchev–Trinajstić information content (AvgIpc) is 3.35. The van der Waals surface area contributed by atoms with Crippen LogP contribution in [0.3, 0.4) is 0 Å². The van der Waals surface area contributed by atoms with E-state index in [1.165, 1.54) is 39.2 Å². The Morgan fingerprint density at radius 2 is 1.45 bits per heavy atom. The Hall–Kier alpha value is -3.09. The molecule has 1 fully saturated rings. The smallest absolute Gasteiger partial charge is 0.254 e. The standard InChI is InChI=1S/C21H23N5O5S2/c1-17(32(28,29)21-23-22-16-26(21)18-8-4-2-5-9-18)20(27)24-12-14-25(15-13-24)33(30,31)19-10-6-3-7-11-19/h2-11,16-17H,12-15H2,1H3/t17-/m1/s1. The summed E-state index contributed by atoms with van der Waals surface area (Å²) in [6.07, 6.45) is 1.28. The van der Waals surface area contributed by atoms with Crippen LogP contribution in [0.15, 0.2) is 77.0 Å². The first-order valence-corrected chi connectivity index (χ1v) is 13.2. The van der Waals surface area contributed by atoms with Gasteiger partial charge >= 0.3 is 0 Å². The predicted octanol–water partition coefficient (Wildman–Crippen LogP) is 0.963. The molecule has 2 heterocycles. The first-order valence-electron chi connectivity index (χ1n) is 10.3. The van der Waals surface area contributed by atoms with E-state index in [9.17, 15) is 21.6 Å². The van der Waals surface area contributed by atoms with Gasteiger partial charge < -0.3 is 4.90 Å². The van der Waals surface area contributed by atoms with Gasteiger partial charge in [0.25, 0.3) is 5.16 Å². The molecule has 3 aromatic rings. The molecule has 0 unspecified atom stereocenters. The zero-order chi connectivity index (χ0) is 23.6. The minimum atomic E-state index is -4.14. The van der Waals surface area contributed by atoms with Gasteiger partial charge in [-0.15, -0.1) is 10.2 Å². The summed E-state index contributed by atoms with van der Waals surface area (Å²) < 4.78 is 54.6. The molecule has 1 aliphatic heterocycles. The van der Waals surface area contributed by atoms with E-state index in [0.29, 0.717) is 5.69 Å². The molecule has 4 rings (SSSR count). The molecule has 0 aliphatic carbocycles. The van der Waals surface area contributed by atoms with Crippen LogP contribution < -0.4 is 0 Å². The van der Waals surface area contributed by atoms with E-state index in [-0.39, 0.29) is 36.2 Å². The molecule has 0 bridgehead atoms. The second kappa shape index (κ2) is 9.04. The fraction of sp³-hybridized carbons (Fsp3) is 0.286. The number of rotatable bonds is 6. The van der Waals surface area contributed by atoms with Crippen LogP contribution in [0.2, 0.25) is 0 Å². The molecule has 2 aromatic carbocycles. The highest BCUT2D eigenvalue weighted by Crippen LogP contribution is 2.21. The van der Waals surface area contributed by atoms with Crippen molar-refractivity contribution in [2.45, 2.75) is 22.2 Å². The minimum Gasteiger partial charge on any atom is -0.339 e. The maximum Gasteiger partial charge on any atom is 0.254 e. The second-order valence-corrected chi connectivity index (χ2v) is 11.6. The van der Waals surface area contributed by atoms with Crippen LogP contribution >= 0.6 is 0 Å². The molecule has 174 valence electrons. The van der Waals surface area contributed by atoms with Gasteiger partial charge in [-0.3, -0.25) is 9.36 Å². The van der Waals surface area contributed by atoms with Crippen molar-refractivity contribution in [3.8, 4) is 5.69 Å². The number of carbonyl (C=O) groups is 1. The molecular weight excluding hydrogens is 466 g/mol. The highest BCUT2D eigenvalue weighted by atomic mass is 32.2. The second-order valence-electron chi connectivity index (χ2n) is 7.55. The van der Waals surface area contributed by atoms with Gasteiger partial charge in [0.2, 0.25) is 25.8 Å². The third kappa shape index (κ3) is 4.41. The van der Waals surface area contributed by atoms with Crippen molar-refractivity contribution in [1.82, 2.24) is 24.0 Å². The first kappa shape index (κ1) is 23.1. The number of nitrogens with zero attached hydrogens (tertiary/aromatic N) is 5. The molecule has 1 aromatic heterocycles. The summed E-state index contributed by atoms with van der Waals surface area (Å²) in [5.74, 6) is -0.602. The van der Waals surface area contributed by atoms with E-state index in [0.717, 1.165) is 0 Å². The lowest BCUT2D eigenvalue weighted by Gasteiger charge is -2.35.